The van der Waals surface area contributed by atoms with Gasteiger partial charge in [0.15, 0.2) is 5.82 Å². The van der Waals surface area contributed by atoms with E-state index in [1.165, 1.54) is 11.3 Å². The molecular formula is C11H9BrN2O2S. The number of halogens is 1. The summed E-state index contributed by atoms with van der Waals surface area (Å²) in [5.41, 5.74) is 1.17. The average Bonchev–Trinajstić information content (AvgIpc) is 2.63. The van der Waals surface area contributed by atoms with Crippen LogP contribution in [0.4, 0.5) is 0 Å². The maximum Gasteiger partial charge on any atom is 0.339 e. The van der Waals surface area contributed by atoms with E-state index in [2.05, 4.69) is 25.9 Å². The second kappa shape index (κ2) is 4.54. The molecule has 0 aliphatic carbocycles. The summed E-state index contributed by atoms with van der Waals surface area (Å²) >= 11 is 4.88. The van der Waals surface area contributed by atoms with E-state index in [0.29, 0.717) is 17.2 Å². The molecule has 1 N–H and O–H groups in total. The number of carboxylic acid groups (broad SMARTS) is 1. The Kier molecular flexibility index (Phi) is 3.26. The first-order valence-electron chi connectivity index (χ1n) is 4.82. The number of rotatable bonds is 2. The molecule has 0 aliphatic rings. The highest BCUT2D eigenvalue weighted by Gasteiger charge is 2.16. The molecule has 0 bridgehead atoms. The van der Waals surface area contributed by atoms with Crippen LogP contribution in [0.25, 0.3) is 10.7 Å². The van der Waals surface area contributed by atoms with Crippen molar-refractivity contribution in [2.24, 2.45) is 0 Å². The van der Waals surface area contributed by atoms with E-state index >= 15 is 0 Å². The zero-order chi connectivity index (χ0) is 12.6. The van der Waals surface area contributed by atoms with Gasteiger partial charge in [0, 0.05) is 9.85 Å². The molecule has 88 valence electrons. The lowest BCUT2D eigenvalue weighted by Crippen LogP contribution is -2.08. The van der Waals surface area contributed by atoms with Crippen molar-refractivity contribution in [1.29, 1.82) is 0 Å². The molecule has 0 spiro atoms. The number of hydrogen-bond donors (Lipinski definition) is 1. The van der Waals surface area contributed by atoms with Gasteiger partial charge in [-0.1, -0.05) is 0 Å². The normalized spacial score (nSPS) is 10.5. The topological polar surface area (TPSA) is 63.1 Å². The van der Waals surface area contributed by atoms with Gasteiger partial charge in [0.25, 0.3) is 0 Å². The van der Waals surface area contributed by atoms with Crippen LogP contribution in [0.2, 0.25) is 0 Å². The van der Waals surface area contributed by atoms with Gasteiger partial charge in [-0.2, -0.15) is 0 Å². The van der Waals surface area contributed by atoms with Gasteiger partial charge in [0.1, 0.15) is 5.56 Å². The van der Waals surface area contributed by atoms with E-state index < -0.39 is 5.97 Å². The van der Waals surface area contributed by atoms with E-state index in [4.69, 9.17) is 5.11 Å². The molecule has 0 saturated heterocycles. The Labute approximate surface area is 110 Å². The first-order chi connectivity index (χ1) is 7.99. The summed E-state index contributed by atoms with van der Waals surface area (Å²) in [4.78, 5) is 20.4. The fourth-order valence-corrected chi connectivity index (χ4v) is 2.93. The largest absolute Gasteiger partial charge is 0.478 e. The van der Waals surface area contributed by atoms with Crippen LogP contribution < -0.4 is 0 Å². The zero-order valence-corrected chi connectivity index (χ0v) is 11.6. The van der Waals surface area contributed by atoms with Gasteiger partial charge in [-0.05, 0) is 35.8 Å². The molecule has 4 nitrogen and oxygen atoms in total. The summed E-state index contributed by atoms with van der Waals surface area (Å²) in [6, 6.07) is 1.92. The monoisotopic (exact) mass is 312 g/mol. The molecular weight excluding hydrogens is 304 g/mol. The Morgan fingerprint density at radius 3 is 2.35 bits per heavy atom. The lowest BCUT2D eigenvalue weighted by atomic mass is 10.2. The second-order valence-corrected chi connectivity index (χ2v) is 5.35. The van der Waals surface area contributed by atoms with Crippen molar-refractivity contribution < 1.29 is 9.90 Å². The lowest BCUT2D eigenvalue weighted by molar-refractivity contribution is 0.0694. The first kappa shape index (κ1) is 12.2. The second-order valence-electron chi connectivity index (χ2n) is 3.53. The fourth-order valence-electron chi connectivity index (χ4n) is 1.57. The van der Waals surface area contributed by atoms with Crippen LogP contribution in [-0.4, -0.2) is 21.0 Å². The summed E-state index contributed by atoms with van der Waals surface area (Å²) < 4.78 is 0.971. The molecule has 17 heavy (non-hydrogen) atoms. The summed E-state index contributed by atoms with van der Waals surface area (Å²) in [7, 11) is 0. The number of aromatic nitrogens is 2. The zero-order valence-electron chi connectivity index (χ0n) is 9.19. The third kappa shape index (κ3) is 2.37. The molecule has 0 unspecified atom stereocenters. The first-order valence-corrected chi connectivity index (χ1v) is 6.49. The van der Waals surface area contributed by atoms with Crippen molar-refractivity contribution >= 4 is 33.2 Å². The maximum absolute atomic E-state index is 11.0. The molecule has 2 aromatic rings. The van der Waals surface area contributed by atoms with E-state index in [0.717, 1.165) is 9.35 Å². The van der Waals surface area contributed by atoms with Gasteiger partial charge >= 0.3 is 5.97 Å². The van der Waals surface area contributed by atoms with Crippen LogP contribution in [0.3, 0.4) is 0 Å². The minimum absolute atomic E-state index is 0.185. The van der Waals surface area contributed by atoms with Crippen LogP contribution in [-0.2, 0) is 0 Å². The lowest BCUT2D eigenvalue weighted by Gasteiger charge is -2.05. The minimum Gasteiger partial charge on any atom is -0.478 e. The molecule has 0 atom stereocenters. The number of aromatic carboxylic acids is 1. The standard InChI is InChI=1S/C11H9BrN2O2S/c1-5-9(11(15)16)6(2)14-10(13-5)8-3-7(12)4-17-8/h3-4H,1-2H3,(H,15,16). The van der Waals surface area contributed by atoms with Gasteiger partial charge in [0.05, 0.1) is 16.3 Å². The highest BCUT2D eigenvalue weighted by atomic mass is 79.9. The predicted molar refractivity (Wildman–Crippen MR) is 69.5 cm³/mol. The molecule has 2 rings (SSSR count). The Bertz CT molecular complexity index is 572. The van der Waals surface area contributed by atoms with E-state index in [1.54, 1.807) is 13.8 Å². The van der Waals surface area contributed by atoms with Crippen molar-refractivity contribution in [3.63, 3.8) is 0 Å². The summed E-state index contributed by atoms with van der Waals surface area (Å²) in [6.45, 7) is 3.37. The summed E-state index contributed by atoms with van der Waals surface area (Å²) in [5.74, 6) is -0.417. The third-order valence-corrected chi connectivity index (χ3v) is 3.96. The number of hydrogen-bond acceptors (Lipinski definition) is 4. The van der Waals surface area contributed by atoms with Crippen LogP contribution in [0, 0.1) is 13.8 Å². The Morgan fingerprint density at radius 1 is 1.35 bits per heavy atom. The number of aryl methyl sites for hydroxylation is 2. The van der Waals surface area contributed by atoms with Crippen molar-refractivity contribution in [2.45, 2.75) is 13.8 Å². The average molecular weight is 313 g/mol. The summed E-state index contributed by atoms with van der Waals surface area (Å²) in [6.07, 6.45) is 0. The van der Waals surface area contributed by atoms with Crippen LogP contribution in [0.5, 0.6) is 0 Å². The molecule has 0 aromatic carbocycles. The number of thiophene rings is 1. The van der Waals surface area contributed by atoms with Crippen molar-refractivity contribution in [3.05, 3.63) is 32.9 Å². The molecule has 6 heteroatoms. The third-order valence-electron chi connectivity index (χ3n) is 2.27. The molecule has 0 saturated carbocycles. The molecule has 2 aromatic heterocycles. The summed E-state index contributed by atoms with van der Waals surface area (Å²) in [5, 5.41) is 11.0. The number of carboxylic acids is 1. The molecule has 2 heterocycles. The predicted octanol–water partition coefficient (Wildman–Crippen LogP) is 3.28. The van der Waals surface area contributed by atoms with Gasteiger partial charge in [0.2, 0.25) is 0 Å². The van der Waals surface area contributed by atoms with Crippen molar-refractivity contribution in [3.8, 4) is 10.7 Å². The minimum atomic E-state index is -0.987. The molecule has 0 radical (unpaired) electrons. The Balaban J connectivity index is 2.56. The van der Waals surface area contributed by atoms with Crippen LogP contribution in [0.1, 0.15) is 21.7 Å². The molecule has 0 fully saturated rings. The van der Waals surface area contributed by atoms with E-state index in [1.807, 2.05) is 11.4 Å². The smallest absolute Gasteiger partial charge is 0.339 e. The van der Waals surface area contributed by atoms with E-state index in [9.17, 15) is 4.79 Å². The van der Waals surface area contributed by atoms with Crippen molar-refractivity contribution in [2.75, 3.05) is 0 Å². The van der Waals surface area contributed by atoms with Gasteiger partial charge in [-0.25, -0.2) is 14.8 Å². The van der Waals surface area contributed by atoms with Gasteiger partial charge in [-0.3, -0.25) is 0 Å². The van der Waals surface area contributed by atoms with Gasteiger partial charge < -0.3 is 5.11 Å². The van der Waals surface area contributed by atoms with Gasteiger partial charge in [-0.15, -0.1) is 11.3 Å². The van der Waals surface area contributed by atoms with Crippen LogP contribution >= 0.6 is 27.3 Å². The number of nitrogens with zero attached hydrogens (tertiary/aromatic N) is 2. The molecule has 0 aliphatic heterocycles. The van der Waals surface area contributed by atoms with Crippen LogP contribution in [0.15, 0.2) is 15.9 Å². The molecule has 0 amide bonds. The SMILES string of the molecule is Cc1nc(-c2cc(Br)cs2)nc(C)c1C(=O)O. The Morgan fingerprint density at radius 2 is 1.94 bits per heavy atom. The highest BCUT2D eigenvalue weighted by molar-refractivity contribution is 9.10. The highest BCUT2D eigenvalue weighted by Crippen LogP contribution is 2.28. The van der Waals surface area contributed by atoms with E-state index in [-0.39, 0.29) is 5.56 Å². The van der Waals surface area contributed by atoms with Crippen molar-refractivity contribution in [1.82, 2.24) is 9.97 Å². The number of carbonyl (C=O) groups is 1. The maximum atomic E-state index is 11.0. The Hall–Kier alpha value is -1.27. The fraction of sp³-hybridized carbons (Fsp3) is 0.182. The quantitative estimate of drug-likeness (QED) is 0.924.